The number of hydrogen-bond donors (Lipinski definition) is 2. The average Bonchev–Trinajstić information content (AvgIpc) is 2.55. The van der Waals surface area contributed by atoms with Crippen LogP contribution in [-0.4, -0.2) is 25.4 Å². The van der Waals surface area contributed by atoms with E-state index in [1.807, 2.05) is 12.1 Å². The van der Waals surface area contributed by atoms with Gasteiger partial charge in [-0.05, 0) is 24.3 Å². The molecule has 2 N–H and O–H groups in total. The Labute approximate surface area is 130 Å². The summed E-state index contributed by atoms with van der Waals surface area (Å²) in [5, 5.41) is 6.90. The van der Waals surface area contributed by atoms with Gasteiger partial charge in [-0.3, -0.25) is 0 Å². The molecule has 2 aromatic rings. The van der Waals surface area contributed by atoms with Gasteiger partial charge < -0.3 is 19.2 Å². The highest BCUT2D eigenvalue weighted by Gasteiger charge is 1.88. The summed E-state index contributed by atoms with van der Waals surface area (Å²) in [5.74, 6) is 0. The van der Waals surface area contributed by atoms with Crippen molar-refractivity contribution in [1.82, 2.24) is 0 Å². The van der Waals surface area contributed by atoms with Crippen LogP contribution in [0.25, 0.3) is 0 Å². The summed E-state index contributed by atoms with van der Waals surface area (Å²) in [6.45, 7) is 2.14. The van der Waals surface area contributed by atoms with Crippen LogP contribution in [0, 0.1) is 0 Å². The Morgan fingerprint density at radius 3 is 1.48 bits per heavy atom. The van der Waals surface area contributed by atoms with Crippen molar-refractivity contribution in [2.75, 3.05) is 36.0 Å². The predicted octanol–water partition coefficient (Wildman–Crippen LogP) is 4.94. The number of anilines is 2. The second kappa shape index (κ2) is 10.2. The summed E-state index contributed by atoms with van der Waals surface area (Å²) in [6.07, 6.45) is 5.04. The molecule has 0 fully saturated rings. The minimum absolute atomic E-state index is 1.07. The fourth-order valence-corrected chi connectivity index (χ4v) is 3.06. The van der Waals surface area contributed by atoms with Crippen molar-refractivity contribution >= 4 is 20.0 Å². The molecule has 0 spiro atoms. The normalized spacial score (nSPS) is 10.3. The minimum atomic E-state index is 1.07. The number of nitrogens with one attached hydrogen (secondary N) is 2. The second-order valence-electron chi connectivity index (χ2n) is 4.96. The van der Waals surface area contributed by atoms with Gasteiger partial charge in [0.15, 0.2) is 0 Å². The third kappa shape index (κ3) is 7.15. The smallest absolute Gasteiger partial charge is 0.0340 e. The fraction of sp³-hybridized carbons (Fsp3) is 0.333. The molecule has 0 aromatic heterocycles. The van der Waals surface area contributed by atoms with E-state index in [-0.39, 0.29) is 0 Å². The van der Waals surface area contributed by atoms with Gasteiger partial charge in [0.05, 0.1) is 0 Å². The molecule has 2 rings (SSSR count). The molecule has 0 amide bonds. The molecule has 0 heterocycles. The minimum Gasteiger partial charge on any atom is -0.540 e. The largest absolute Gasteiger partial charge is 0.540 e. The van der Waals surface area contributed by atoms with Crippen LogP contribution in [0.1, 0.15) is 12.8 Å². The summed E-state index contributed by atoms with van der Waals surface area (Å²) in [5.41, 5.74) is 2.45. The number of para-hydroxylation sites is 2. The quantitative estimate of drug-likeness (QED) is 0.480. The van der Waals surface area contributed by atoms with E-state index in [4.69, 9.17) is 0 Å². The van der Waals surface area contributed by atoms with Crippen molar-refractivity contribution in [3.63, 3.8) is 0 Å². The summed E-state index contributed by atoms with van der Waals surface area (Å²) in [4.78, 5) is 0. The first-order chi connectivity index (χ1) is 10.4. The first-order valence-corrected chi connectivity index (χ1v) is 8.93. The van der Waals surface area contributed by atoms with E-state index in [0.29, 0.717) is 0 Å². The monoisotopic (exact) mass is 299 g/mol. The van der Waals surface area contributed by atoms with Crippen LogP contribution in [0.4, 0.5) is 11.4 Å². The highest BCUT2D eigenvalue weighted by molar-refractivity contribution is 7.37. The van der Waals surface area contributed by atoms with Crippen LogP contribution in [0.5, 0.6) is 0 Å². The van der Waals surface area contributed by atoms with E-state index in [1.165, 1.54) is 36.5 Å². The van der Waals surface area contributed by atoms with Crippen LogP contribution < -0.4 is 10.6 Å². The van der Waals surface area contributed by atoms with E-state index in [9.17, 15) is 0 Å². The maximum absolute atomic E-state index is 3.45. The lowest BCUT2D eigenvalue weighted by atomic mass is 10.3. The molecule has 0 saturated heterocycles. The first kappa shape index (κ1) is 15.9. The third-order valence-electron chi connectivity index (χ3n) is 3.19. The van der Waals surface area contributed by atoms with Crippen LogP contribution in [0.15, 0.2) is 60.7 Å². The zero-order chi connectivity index (χ0) is 14.6. The SMILES string of the molecule is c1ccc(NCCC[P-]CCCNc2ccccc2)cc1. The topological polar surface area (TPSA) is 24.1 Å². The van der Waals surface area contributed by atoms with Crippen LogP contribution >= 0.6 is 8.58 Å². The number of benzene rings is 2. The maximum Gasteiger partial charge on any atom is 0.0340 e. The highest BCUT2D eigenvalue weighted by atomic mass is 31.1. The maximum atomic E-state index is 3.45. The van der Waals surface area contributed by atoms with Crippen molar-refractivity contribution in [3.05, 3.63) is 60.7 Å². The Morgan fingerprint density at radius 2 is 1.05 bits per heavy atom. The molecule has 0 unspecified atom stereocenters. The average molecular weight is 299 g/mol. The molecular weight excluding hydrogens is 275 g/mol. The molecule has 0 bridgehead atoms. The van der Waals surface area contributed by atoms with E-state index in [2.05, 4.69) is 59.2 Å². The number of rotatable bonds is 10. The van der Waals surface area contributed by atoms with Crippen LogP contribution in [0.2, 0.25) is 0 Å². The Kier molecular flexibility index (Phi) is 7.72. The Balaban J connectivity index is 1.40. The summed E-state index contributed by atoms with van der Waals surface area (Å²) in [6, 6.07) is 20.8. The molecule has 112 valence electrons. The number of hydrogen-bond acceptors (Lipinski definition) is 2. The van der Waals surface area contributed by atoms with Crippen LogP contribution in [-0.2, 0) is 0 Å². The lowest BCUT2D eigenvalue weighted by molar-refractivity contribution is 0.965. The van der Waals surface area contributed by atoms with E-state index < -0.39 is 0 Å². The molecule has 0 atom stereocenters. The van der Waals surface area contributed by atoms with Crippen molar-refractivity contribution in [3.8, 4) is 0 Å². The lowest BCUT2D eigenvalue weighted by Gasteiger charge is -2.17. The van der Waals surface area contributed by atoms with Crippen molar-refractivity contribution in [2.45, 2.75) is 12.8 Å². The summed E-state index contributed by atoms with van der Waals surface area (Å²) >= 11 is 0. The van der Waals surface area contributed by atoms with Gasteiger partial charge in [0.2, 0.25) is 0 Å². The zero-order valence-corrected chi connectivity index (χ0v) is 13.4. The predicted molar refractivity (Wildman–Crippen MR) is 95.8 cm³/mol. The van der Waals surface area contributed by atoms with Crippen molar-refractivity contribution in [2.24, 2.45) is 0 Å². The third-order valence-corrected chi connectivity index (χ3v) is 4.46. The molecule has 21 heavy (non-hydrogen) atoms. The molecule has 3 heteroatoms. The van der Waals surface area contributed by atoms with Crippen molar-refractivity contribution in [1.29, 1.82) is 0 Å². The molecule has 0 aliphatic rings. The Hall–Kier alpha value is -1.53. The van der Waals surface area contributed by atoms with E-state index >= 15 is 0 Å². The highest BCUT2D eigenvalue weighted by Crippen LogP contribution is 2.14. The molecule has 2 aromatic carbocycles. The Morgan fingerprint density at radius 1 is 0.619 bits per heavy atom. The van der Waals surface area contributed by atoms with E-state index in [1.54, 1.807) is 8.58 Å². The standard InChI is InChI=1S/C18H24N2P/c1-3-9-17(10-4-1)19-13-7-15-21-16-8-14-20-18-11-5-2-6-12-18/h1-6,9-12,19-20H,7-8,13-16H2/q-1. The zero-order valence-electron chi connectivity index (χ0n) is 12.5. The van der Waals surface area contributed by atoms with Gasteiger partial charge in [0, 0.05) is 24.5 Å². The van der Waals surface area contributed by atoms with Gasteiger partial charge >= 0.3 is 0 Å². The van der Waals surface area contributed by atoms with Crippen LogP contribution in [0.3, 0.4) is 0 Å². The molecule has 2 nitrogen and oxygen atoms in total. The second-order valence-corrected chi connectivity index (χ2v) is 6.31. The Bertz CT molecular complexity index is 428. The van der Waals surface area contributed by atoms with Crippen molar-refractivity contribution < 1.29 is 0 Å². The first-order valence-electron chi connectivity index (χ1n) is 7.66. The molecule has 0 aliphatic carbocycles. The lowest BCUT2D eigenvalue weighted by Crippen LogP contribution is -2.03. The molecule has 0 radical (unpaired) electrons. The van der Waals surface area contributed by atoms with Gasteiger partial charge in [0.1, 0.15) is 0 Å². The van der Waals surface area contributed by atoms with Gasteiger partial charge in [-0.2, -0.15) is 12.3 Å². The summed E-state index contributed by atoms with van der Waals surface area (Å²) in [7, 11) is 1.57. The van der Waals surface area contributed by atoms with Gasteiger partial charge in [-0.25, -0.2) is 0 Å². The molecule has 0 aliphatic heterocycles. The van der Waals surface area contributed by atoms with Gasteiger partial charge in [-0.1, -0.05) is 49.2 Å². The van der Waals surface area contributed by atoms with Gasteiger partial charge in [0.25, 0.3) is 0 Å². The van der Waals surface area contributed by atoms with E-state index in [0.717, 1.165) is 13.1 Å². The molecular formula is C18H24N2P-. The fourth-order valence-electron chi connectivity index (χ4n) is 2.07. The van der Waals surface area contributed by atoms with Gasteiger partial charge in [-0.15, -0.1) is 0 Å². The summed E-state index contributed by atoms with van der Waals surface area (Å²) < 4.78 is 0. The molecule has 0 saturated carbocycles.